The Bertz CT molecular complexity index is 1130. The zero-order chi connectivity index (χ0) is 24.5. The van der Waals surface area contributed by atoms with Gasteiger partial charge in [0.1, 0.15) is 16.7 Å². The van der Waals surface area contributed by atoms with E-state index in [1.807, 2.05) is 31.9 Å². The third-order valence-electron chi connectivity index (χ3n) is 6.02. The fourth-order valence-corrected chi connectivity index (χ4v) is 5.50. The van der Waals surface area contributed by atoms with E-state index in [0.717, 1.165) is 11.1 Å². The number of nitrogens with one attached hydrogen (secondary N) is 2. The number of carbonyl (C=O) groups is 1. The molecule has 2 amide bonds. The fourth-order valence-electron chi connectivity index (χ4n) is 4.31. The van der Waals surface area contributed by atoms with Crippen LogP contribution in [0.5, 0.6) is 5.75 Å². The molecule has 1 aromatic heterocycles. The highest BCUT2D eigenvalue weighted by Crippen LogP contribution is 2.33. The summed E-state index contributed by atoms with van der Waals surface area (Å²) in [6, 6.07) is 8.13. The highest BCUT2D eigenvalue weighted by atomic mass is 32.2. The number of β-amino-alcohol motifs (C(OH)–C–C–N with tert-alkyl or cyclic N) is 1. The topological polar surface area (TPSA) is 124 Å². The lowest BCUT2D eigenvalue weighted by Gasteiger charge is -2.30. The average Bonchev–Trinajstić information content (AvgIpc) is 3.21. The second-order valence-corrected chi connectivity index (χ2v) is 10.8. The molecule has 0 radical (unpaired) electrons. The standard InChI is InChI=1S/C23H31N5O5S/c1-15(2)26-23(30)28-13-19-21(14-28)33-20-9-16(17-5-4-8-24-10-17)6-7-22(20)34(31,32)25-11-18(29)12-27(19)3/h4-10,15,18-19,21,25,29H,11-14H2,1-3H3,(H,26,30)/t18-,19+,21-/m0/s1. The molecule has 0 bridgehead atoms. The molecular weight excluding hydrogens is 458 g/mol. The lowest BCUT2D eigenvalue weighted by molar-refractivity contribution is 0.0713. The van der Waals surface area contributed by atoms with Gasteiger partial charge in [0.25, 0.3) is 0 Å². The van der Waals surface area contributed by atoms with Crippen molar-refractivity contribution >= 4 is 16.1 Å². The molecule has 1 aromatic carbocycles. The Morgan fingerprint density at radius 3 is 2.74 bits per heavy atom. The van der Waals surface area contributed by atoms with Crippen LogP contribution in [-0.4, -0.2) is 91.9 Å². The molecule has 1 saturated heterocycles. The summed E-state index contributed by atoms with van der Waals surface area (Å²) < 4.78 is 35.0. The molecule has 1 fully saturated rings. The van der Waals surface area contributed by atoms with Crippen LogP contribution in [0.4, 0.5) is 4.79 Å². The number of urea groups is 1. The number of fused-ring (bicyclic) bond motifs is 2. The van der Waals surface area contributed by atoms with Crippen LogP contribution < -0.4 is 14.8 Å². The Hall–Kier alpha value is -2.73. The Balaban J connectivity index is 1.74. The zero-order valence-corrected chi connectivity index (χ0v) is 20.3. The van der Waals surface area contributed by atoms with E-state index in [-0.39, 0.29) is 48.4 Å². The van der Waals surface area contributed by atoms with Crippen LogP contribution in [0.15, 0.2) is 47.6 Å². The van der Waals surface area contributed by atoms with Gasteiger partial charge in [-0.3, -0.25) is 9.88 Å². The average molecular weight is 490 g/mol. The maximum atomic E-state index is 13.1. The number of ether oxygens (including phenoxy) is 1. The van der Waals surface area contributed by atoms with E-state index in [4.69, 9.17) is 4.74 Å². The molecule has 34 heavy (non-hydrogen) atoms. The first kappa shape index (κ1) is 24.4. The summed E-state index contributed by atoms with van der Waals surface area (Å²) in [7, 11) is -2.10. The zero-order valence-electron chi connectivity index (χ0n) is 19.5. The van der Waals surface area contributed by atoms with Crippen molar-refractivity contribution in [2.24, 2.45) is 0 Å². The second-order valence-electron chi connectivity index (χ2n) is 9.08. The minimum absolute atomic E-state index is 0.0132. The van der Waals surface area contributed by atoms with Crippen molar-refractivity contribution in [2.45, 2.75) is 43.0 Å². The van der Waals surface area contributed by atoms with E-state index in [1.54, 1.807) is 35.5 Å². The first-order valence-corrected chi connectivity index (χ1v) is 12.8. The normalized spacial score (nSPS) is 25.1. The third-order valence-corrected chi connectivity index (χ3v) is 7.48. The Labute approximate surface area is 200 Å². The highest BCUT2D eigenvalue weighted by Gasteiger charge is 2.41. The van der Waals surface area contributed by atoms with Gasteiger partial charge in [0, 0.05) is 43.6 Å². The number of hydrogen-bond donors (Lipinski definition) is 3. The molecule has 3 atom stereocenters. The van der Waals surface area contributed by atoms with E-state index in [1.165, 1.54) is 6.07 Å². The van der Waals surface area contributed by atoms with Gasteiger partial charge in [-0.1, -0.05) is 12.1 Å². The van der Waals surface area contributed by atoms with Crippen LogP contribution in [-0.2, 0) is 10.0 Å². The van der Waals surface area contributed by atoms with Crippen LogP contribution in [0.3, 0.4) is 0 Å². The number of likely N-dealkylation sites (tertiary alicyclic amines) is 1. The molecule has 10 nitrogen and oxygen atoms in total. The van der Waals surface area contributed by atoms with E-state index in [2.05, 4.69) is 15.0 Å². The maximum absolute atomic E-state index is 13.1. The highest BCUT2D eigenvalue weighted by molar-refractivity contribution is 7.89. The van der Waals surface area contributed by atoms with Crippen molar-refractivity contribution in [1.82, 2.24) is 24.8 Å². The molecule has 3 N–H and O–H groups in total. The summed E-state index contributed by atoms with van der Waals surface area (Å²) in [6.45, 7) is 4.55. The van der Waals surface area contributed by atoms with Gasteiger partial charge in [0.2, 0.25) is 10.0 Å². The van der Waals surface area contributed by atoms with Gasteiger partial charge >= 0.3 is 6.03 Å². The van der Waals surface area contributed by atoms with Crippen molar-refractivity contribution in [2.75, 3.05) is 33.2 Å². The molecule has 4 rings (SSSR count). The van der Waals surface area contributed by atoms with E-state index < -0.39 is 22.2 Å². The number of sulfonamides is 1. The van der Waals surface area contributed by atoms with Crippen molar-refractivity contribution in [3.05, 3.63) is 42.7 Å². The van der Waals surface area contributed by atoms with Crippen molar-refractivity contribution < 1.29 is 23.1 Å². The quantitative estimate of drug-likeness (QED) is 0.572. The minimum Gasteiger partial charge on any atom is -0.485 e. The molecule has 3 heterocycles. The van der Waals surface area contributed by atoms with Crippen molar-refractivity contribution in [1.29, 1.82) is 0 Å². The van der Waals surface area contributed by atoms with Gasteiger partial charge in [-0.15, -0.1) is 0 Å². The van der Waals surface area contributed by atoms with Crippen LogP contribution in [0.25, 0.3) is 11.1 Å². The number of hydrogen-bond acceptors (Lipinski definition) is 7. The van der Waals surface area contributed by atoms with E-state index in [0.29, 0.717) is 6.54 Å². The molecule has 2 aromatic rings. The van der Waals surface area contributed by atoms with Gasteiger partial charge < -0.3 is 20.1 Å². The molecule has 0 spiro atoms. The first-order chi connectivity index (χ1) is 16.1. The Kier molecular flexibility index (Phi) is 7.08. The van der Waals surface area contributed by atoms with Crippen molar-refractivity contribution in [3.8, 4) is 16.9 Å². The summed E-state index contributed by atoms with van der Waals surface area (Å²) in [5, 5.41) is 13.4. The molecule has 0 unspecified atom stereocenters. The second kappa shape index (κ2) is 9.87. The predicted molar refractivity (Wildman–Crippen MR) is 127 cm³/mol. The van der Waals surface area contributed by atoms with Crippen LogP contribution >= 0.6 is 0 Å². The first-order valence-electron chi connectivity index (χ1n) is 11.3. The van der Waals surface area contributed by atoms with Gasteiger partial charge in [-0.05, 0) is 44.7 Å². The SMILES string of the molecule is CC(C)NC(=O)N1C[C@@H]2Oc3cc(-c4cccnc4)ccc3S(=O)(=O)NC[C@H](O)CN(C)[C@@H]2C1. The van der Waals surface area contributed by atoms with Gasteiger partial charge in [-0.2, -0.15) is 0 Å². The lowest BCUT2D eigenvalue weighted by Crippen LogP contribution is -2.48. The molecule has 0 aliphatic carbocycles. The number of likely N-dealkylation sites (N-methyl/N-ethyl adjacent to an activating group) is 1. The number of amides is 2. The molecule has 2 aliphatic heterocycles. The maximum Gasteiger partial charge on any atom is 0.317 e. The number of aliphatic hydroxyl groups excluding tert-OH is 1. The number of carbonyl (C=O) groups excluding carboxylic acids is 1. The van der Waals surface area contributed by atoms with Gasteiger partial charge in [0.05, 0.1) is 18.7 Å². The monoisotopic (exact) mass is 489 g/mol. The summed E-state index contributed by atoms with van der Waals surface area (Å²) in [5.41, 5.74) is 1.58. The Morgan fingerprint density at radius 2 is 2.03 bits per heavy atom. The van der Waals surface area contributed by atoms with Crippen LogP contribution in [0, 0.1) is 0 Å². The largest absolute Gasteiger partial charge is 0.485 e. The Morgan fingerprint density at radius 1 is 1.24 bits per heavy atom. The molecule has 2 aliphatic rings. The van der Waals surface area contributed by atoms with Crippen molar-refractivity contribution in [3.63, 3.8) is 0 Å². The number of benzene rings is 1. The summed E-state index contributed by atoms with van der Waals surface area (Å²) in [4.78, 5) is 20.4. The number of aliphatic hydroxyl groups is 1. The molecule has 0 saturated carbocycles. The van der Waals surface area contributed by atoms with Crippen LogP contribution in [0.1, 0.15) is 13.8 Å². The smallest absolute Gasteiger partial charge is 0.317 e. The summed E-state index contributed by atoms with van der Waals surface area (Å²) in [6.07, 6.45) is 1.95. The predicted octanol–water partition coefficient (Wildman–Crippen LogP) is 0.883. The number of rotatable bonds is 2. The number of pyridine rings is 1. The minimum atomic E-state index is -3.94. The van der Waals surface area contributed by atoms with E-state index in [9.17, 15) is 18.3 Å². The lowest BCUT2D eigenvalue weighted by atomic mass is 10.1. The fraction of sp³-hybridized carbons (Fsp3) is 0.478. The summed E-state index contributed by atoms with van der Waals surface area (Å²) in [5.74, 6) is 0.194. The van der Waals surface area contributed by atoms with Crippen LogP contribution in [0.2, 0.25) is 0 Å². The number of aromatic nitrogens is 1. The molecule has 184 valence electrons. The molecule has 11 heteroatoms. The van der Waals surface area contributed by atoms with Gasteiger partial charge in [0.15, 0.2) is 0 Å². The third kappa shape index (κ3) is 5.33. The summed E-state index contributed by atoms with van der Waals surface area (Å²) >= 11 is 0. The number of nitrogens with zero attached hydrogens (tertiary/aromatic N) is 3. The molecular formula is C23H31N5O5S. The van der Waals surface area contributed by atoms with E-state index >= 15 is 0 Å². The van der Waals surface area contributed by atoms with Gasteiger partial charge in [-0.25, -0.2) is 17.9 Å².